The van der Waals surface area contributed by atoms with Gasteiger partial charge in [-0.3, -0.25) is 4.18 Å². The van der Waals surface area contributed by atoms with Crippen LogP contribution in [0.2, 0.25) is 0 Å². The van der Waals surface area contributed by atoms with Crippen LogP contribution in [-0.2, 0) is 14.3 Å². The van der Waals surface area contributed by atoms with Gasteiger partial charge in [0, 0.05) is 41.7 Å². The molecule has 0 aromatic heterocycles. The van der Waals surface area contributed by atoms with Crippen molar-refractivity contribution in [2.24, 2.45) is 0 Å². The zero-order valence-corrected chi connectivity index (χ0v) is 18.3. The van der Waals surface area contributed by atoms with E-state index in [9.17, 15) is 8.42 Å². The van der Waals surface area contributed by atoms with Crippen molar-refractivity contribution in [1.82, 2.24) is 0 Å². The molecule has 1 rings (SSSR count). The molecule has 0 amide bonds. The fourth-order valence-electron chi connectivity index (χ4n) is 2.41. The van der Waals surface area contributed by atoms with Gasteiger partial charge in [-0.1, -0.05) is 82.9 Å². The molecule has 1 aromatic carbocycles. The summed E-state index contributed by atoms with van der Waals surface area (Å²) in [4.78, 5) is 0.238. The van der Waals surface area contributed by atoms with Crippen LogP contribution in [0.1, 0.15) is 71.1 Å². The predicted octanol–water partition coefficient (Wildman–Crippen LogP) is 5.31. The normalized spacial score (nSPS) is 11.2. The summed E-state index contributed by atoms with van der Waals surface area (Å²) >= 11 is 0. The van der Waals surface area contributed by atoms with Crippen molar-refractivity contribution >= 4 is 10.1 Å². The van der Waals surface area contributed by atoms with Crippen molar-refractivity contribution in [1.29, 1.82) is 0 Å². The molecule has 0 saturated heterocycles. The molecule has 1 aromatic rings. The third-order valence-corrected chi connectivity index (χ3v) is 5.09. The Hall–Kier alpha value is 0.507. The molecule has 0 aliphatic carbocycles. The zero-order valence-electron chi connectivity index (χ0n) is 14.3. The molecule has 0 atom stereocenters. The van der Waals surface area contributed by atoms with E-state index in [0.29, 0.717) is 0 Å². The van der Waals surface area contributed by atoms with E-state index >= 15 is 0 Å². The number of rotatable bonds is 13. The van der Waals surface area contributed by atoms with Gasteiger partial charge in [-0.25, -0.2) is 0 Å². The summed E-state index contributed by atoms with van der Waals surface area (Å²) in [6, 6.07) is 8.33. The maximum Gasteiger partial charge on any atom is 0.296 e. The summed E-state index contributed by atoms with van der Waals surface area (Å²) in [6.45, 7) is 2.52. The first kappa shape index (κ1) is 23.5. The number of benzene rings is 1. The first-order chi connectivity index (χ1) is 10.7. The van der Waals surface area contributed by atoms with E-state index in [1.54, 1.807) is 30.3 Å². The van der Waals surface area contributed by atoms with Gasteiger partial charge >= 0.3 is 0 Å². The van der Waals surface area contributed by atoms with Gasteiger partial charge in [-0.05, 0) is 18.6 Å². The van der Waals surface area contributed by atoms with E-state index in [0.717, 1.165) is 12.8 Å². The Balaban J connectivity index is 0.00000484. The molecule has 0 N–H and O–H groups in total. The van der Waals surface area contributed by atoms with Crippen LogP contribution < -0.4 is 0 Å². The second-order valence-corrected chi connectivity index (χ2v) is 7.39. The second-order valence-electron chi connectivity index (χ2n) is 5.77. The zero-order chi connectivity index (χ0) is 16.1. The van der Waals surface area contributed by atoms with E-state index in [2.05, 4.69) is 6.92 Å². The summed E-state index contributed by atoms with van der Waals surface area (Å²) in [5.41, 5.74) is 0. The van der Waals surface area contributed by atoms with Crippen molar-refractivity contribution in [3.05, 3.63) is 30.3 Å². The molecule has 0 saturated carbocycles. The van der Waals surface area contributed by atoms with E-state index in [1.165, 1.54) is 51.4 Å². The topological polar surface area (TPSA) is 43.4 Å². The van der Waals surface area contributed by atoms with Gasteiger partial charge in [0.1, 0.15) is 0 Å². The number of unbranched alkanes of at least 4 members (excludes halogenated alkanes) is 9. The third kappa shape index (κ3) is 11.6. The van der Waals surface area contributed by atoms with Gasteiger partial charge in [-0.2, -0.15) is 8.42 Å². The van der Waals surface area contributed by atoms with E-state index < -0.39 is 10.1 Å². The van der Waals surface area contributed by atoms with Crippen molar-refractivity contribution in [2.45, 2.75) is 76.0 Å². The molecule has 23 heavy (non-hydrogen) atoms. The molecular formula is C18H30CeO3S. The maximum atomic E-state index is 11.9. The SMILES string of the molecule is CCCCCCCCCCCCOS(=O)(=O)c1ccccc1.[Ce]. The Labute approximate surface area is 176 Å². The minimum atomic E-state index is -3.57. The monoisotopic (exact) mass is 466 g/mol. The van der Waals surface area contributed by atoms with Gasteiger partial charge in [-0.15, -0.1) is 0 Å². The molecule has 130 valence electrons. The van der Waals surface area contributed by atoms with E-state index in [1.807, 2.05) is 0 Å². The van der Waals surface area contributed by atoms with Crippen molar-refractivity contribution in [2.75, 3.05) is 6.61 Å². The smallest absolute Gasteiger partial charge is 0.266 e. The molecule has 3 nitrogen and oxygen atoms in total. The molecule has 0 aliphatic heterocycles. The Morgan fingerprint density at radius 1 is 0.783 bits per heavy atom. The Bertz CT molecular complexity index is 474. The summed E-state index contributed by atoms with van der Waals surface area (Å²) in [6.07, 6.45) is 12.3. The van der Waals surface area contributed by atoms with Gasteiger partial charge in [0.15, 0.2) is 0 Å². The first-order valence-corrected chi connectivity index (χ1v) is 10.0. The molecule has 0 aliphatic rings. The van der Waals surface area contributed by atoms with Crippen LogP contribution in [0.15, 0.2) is 35.2 Å². The number of hydrogen-bond donors (Lipinski definition) is 0. The van der Waals surface area contributed by atoms with Crippen molar-refractivity contribution in [3.63, 3.8) is 0 Å². The van der Waals surface area contributed by atoms with E-state index in [4.69, 9.17) is 4.18 Å². The molecule has 0 unspecified atom stereocenters. The molecule has 0 spiro atoms. The van der Waals surface area contributed by atoms with Crippen molar-refractivity contribution in [3.8, 4) is 0 Å². The van der Waals surface area contributed by atoms with Crippen LogP contribution in [0.3, 0.4) is 0 Å². The molecule has 0 fully saturated rings. The fraction of sp³-hybridized carbons (Fsp3) is 0.667. The summed E-state index contributed by atoms with van der Waals surface area (Å²) in [5.74, 6) is 0. The fourth-order valence-corrected chi connectivity index (χ4v) is 3.38. The molecule has 5 heteroatoms. The van der Waals surface area contributed by atoms with Crippen LogP contribution in [0.25, 0.3) is 0 Å². The average molecular weight is 467 g/mol. The van der Waals surface area contributed by atoms with Crippen LogP contribution in [0.5, 0.6) is 0 Å². The second kappa shape index (κ2) is 14.8. The minimum Gasteiger partial charge on any atom is -0.266 e. The largest absolute Gasteiger partial charge is 0.296 e. The number of hydrogen-bond acceptors (Lipinski definition) is 3. The molecule has 0 heterocycles. The Kier molecular flexibility index (Phi) is 15.1. The first-order valence-electron chi connectivity index (χ1n) is 8.61. The van der Waals surface area contributed by atoms with Gasteiger partial charge < -0.3 is 0 Å². The van der Waals surface area contributed by atoms with Gasteiger partial charge in [0.05, 0.1) is 11.5 Å². The van der Waals surface area contributed by atoms with Crippen LogP contribution in [-0.4, -0.2) is 15.0 Å². The standard InChI is InChI=1S/C18H30O3S.Ce/c1-2-3-4-5-6-7-8-9-10-14-17-21-22(19,20)18-15-12-11-13-16-18;/h11-13,15-16H,2-10,14,17H2,1H3;. The summed E-state index contributed by atoms with van der Waals surface area (Å²) < 4.78 is 28.8. The average Bonchev–Trinajstić information content (AvgIpc) is 2.53. The third-order valence-electron chi connectivity index (χ3n) is 3.77. The Morgan fingerprint density at radius 2 is 1.26 bits per heavy atom. The van der Waals surface area contributed by atoms with E-state index in [-0.39, 0.29) is 53.2 Å². The summed E-state index contributed by atoms with van der Waals surface area (Å²) in [5, 5.41) is 0. The maximum absolute atomic E-state index is 11.9. The van der Waals surface area contributed by atoms with Gasteiger partial charge in [0.2, 0.25) is 0 Å². The van der Waals surface area contributed by atoms with Crippen molar-refractivity contribution < 1.29 is 54.3 Å². The molecular weight excluding hydrogens is 436 g/mol. The molecule has 0 radical (unpaired) electrons. The van der Waals surface area contributed by atoms with Crippen LogP contribution in [0.4, 0.5) is 0 Å². The Morgan fingerprint density at radius 3 is 1.78 bits per heavy atom. The van der Waals surface area contributed by atoms with Crippen LogP contribution in [0, 0.1) is 41.7 Å². The minimum absolute atomic E-state index is 0. The predicted molar refractivity (Wildman–Crippen MR) is 91.4 cm³/mol. The molecule has 0 bridgehead atoms. The van der Waals surface area contributed by atoms with Gasteiger partial charge in [0.25, 0.3) is 10.1 Å². The quantitative estimate of drug-likeness (QED) is 0.292. The van der Waals surface area contributed by atoms with Crippen LogP contribution >= 0.6 is 0 Å². The summed E-state index contributed by atoms with van der Waals surface area (Å²) in [7, 11) is -3.57.